The summed E-state index contributed by atoms with van der Waals surface area (Å²) in [7, 11) is 0. The van der Waals surface area contributed by atoms with Crippen LogP contribution in [0.3, 0.4) is 0 Å². The molecule has 6 heteroatoms. The Hall–Kier alpha value is -3.12. The highest BCUT2D eigenvalue weighted by molar-refractivity contribution is 9.10. The summed E-state index contributed by atoms with van der Waals surface area (Å²) in [4.78, 5) is 28.7. The molecule has 190 valence electrons. The first-order chi connectivity index (χ1) is 17.4. The van der Waals surface area contributed by atoms with Crippen LogP contribution >= 0.6 is 15.9 Å². The van der Waals surface area contributed by atoms with Crippen molar-refractivity contribution in [1.82, 2.24) is 10.2 Å². The van der Waals surface area contributed by atoms with Crippen LogP contribution in [0.5, 0.6) is 5.75 Å². The predicted molar refractivity (Wildman–Crippen MR) is 148 cm³/mol. The van der Waals surface area contributed by atoms with Crippen LogP contribution in [0, 0.1) is 13.8 Å². The molecule has 1 atom stereocenters. The van der Waals surface area contributed by atoms with Crippen molar-refractivity contribution < 1.29 is 14.3 Å². The van der Waals surface area contributed by atoms with Crippen molar-refractivity contribution >= 4 is 27.7 Å². The third-order valence-electron chi connectivity index (χ3n) is 6.02. The minimum atomic E-state index is -0.668. The van der Waals surface area contributed by atoms with E-state index in [1.807, 2.05) is 86.6 Å². The molecule has 0 aliphatic rings. The van der Waals surface area contributed by atoms with Gasteiger partial charge in [-0.15, -0.1) is 0 Å². The highest BCUT2D eigenvalue weighted by Gasteiger charge is 2.30. The molecular weight excluding hydrogens is 516 g/mol. The minimum absolute atomic E-state index is 0.147. The van der Waals surface area contributed by atoms with Gasteiger partial charge in [-0.25, -0.2) is 0 Å². The first-order valence-corrected chi connectivity index (χ1v) is 13.2. The van der Waals surface area contributed by atoms with Gasteiger partial charge in [-0.3, -0.25) is 9.59 Å². The number of hydrogen-bond donors (Lipinski definition) is 1. The highest BCUT2D eigenvalue weighted by atomic mass is 79.9. The van der Waals surface area contributed by atoms with Crippen LogP contribution in [-0.4, -0.2) is 35.9 Å². The second-order valence-corrected chi connectivity index (χ2v) is 9.97. The van der Waals surface area contributed by atoms with Gasteiger partial charge in [-0.1, -0.05) is 89.4 Å². The van der Waals surface area contributed by atoms with Gasteiger partial charge in [0, 0.05) is 24.0 Å². The lowest BCUT2D eigenvalue weighted by molar-refractivity contribution is -0.142. The van der Waals surface area contributed by atoms with Gasteiger partial charge in [0.25, 0.3) is 5.91 Å². The molecule has 0 unspecified atom stereocenters. The molecule has 1 N–H and O–H groups in total. The molecule has 0 radical (unpaired) electrons. The maximum atomic E-state index is 13.7. The first kappa shape index (κ1) is 27.5. The van der Waals surface area contributed by atoms with E-state index in [1.54, 1.807) is 4.90 Å². The fourth-order valence-corrected chi connectivity index (χ4v) is 4.52. The molecule has 3 aromatic carbocycles. The van der Waals surface area contributed by atoms with E-state index in [2.05, 4.69) is 28.2 Å². The molecule has 0 saturated heterocycles. The summed E-state index contributed by atoms with van der Waals surface area (Å²) in [5.41, 5.74) is 4.03. The van der Waals surface area contributed by atoms with Crippen molar-refractivity contribution in [2.75, 3.05) is 13.2 Å². The molecule has 36 heavy (non-hydrogen) atoms. The number of aryl methyl sites for hydroxylation is 2. The van der Waals surface area contributed by atoms with Gasteiger partial charge in [0.05, 0.1) is 0 Å². The number of amides is 2. The topological polar surface area (TPSA) is 58.6 Å². The van der Waals surface area contributed by atoms with E-state index in [0.29, 0.717) is 25.3 Å². The molecule has 0 aliphatic heterocycles. The summed E-state index contributed by atoms with van der Waals surface area (Å²) in [6.07, 6.45) is 2.29. The third kappa shape index (κ3) is 8.23. The molecule has 5 nitrogen and oxygen atoms in total. The average Bonchev–Trinajstić information content (AvgIpc) is 2.86. The Bertz CT molecular complexity index is 1150. The SMILES string of the molecule is CCCCNC(=O)[C@@H](Cc1ccccc1)N(Cc1cccc(Br)c1)C(=O)COc1ccc(C)cc1C. The van der Waals surface area contributed by atoms with Crippen LogP contribution in [0.2, 0.25) is 0 Å². The molecule has 0 aromatic heterocycles. The fourth-order valence-electron chi connectivity index (χ4n) is 4.08. The Kier molecular flexibility index (Phi) is 10.6. The lowest BCUT2D eigenvalue weighted by Crippen LogP contribution is -2.51. The Morgan fingerprint density at radius 2 is 1.72 bits per heavy atom. The normalized spacial score (nSPS) is 11.6. The Morgan fingerprint density at radius 1 is 0.972 bits per heavy atom. The number of rotatable bonds is 12. The number of ether oxygens (including phenoxy) is 1. The molecule has 0 aliphatic carbocycles. The number of nitrogens with zero attached hydrogens (tertiary/aromatic N) is 1. The second kappa shape index (κ2) is 13.8. The number of unbranched alkanes of at least 4 members (excludes halogenated alkanes) is 1. The Morgan fingerprint density at radius 3 is 2.42 bits per heavy atom. The van der Waals surface area contributed by atoms with Crippen molar-refractivity contribution in [3.05, 3.63) is 99.5 Å². The van der Waals surface area contributed by atoms with E-state index >= 15 is 0 Å². The zero-order valence-corrected chi connectivity index (χ0v) is 22.9. The molecule has 0 bridgehead atoms. The zero-order valence-electron chi connectivity index (χ0n) is 21.3. The van der Waals surface area contributed by atoms with E-state index in [0.717, 1.165) is 39.6 Å². The predicted octanol–water partition coefficient (Wildman–Crippen LogP) is 6.00. The van der Waals surface area contributed by atoms with E-state index in [9.17, 15) is 9.59 Å². The van der Waals surface area contributed by atoms with Crippen molar-refractivity contribution in [2.24, 2.45) is 0 Å². The molecule has 2 amide bonds. The quantitative estimate of drug-likeness (QED) is 0.281. The Labute approximate surface area is 223 Å². The number of carbonyl (C=O) groups is 2. The summed E-state index contributed by atoms with van der Waals surface area (Å²) in [5, 5.41) is 3.04. The lowest BCUT2D eigenvalue weighted by Gasteiger charge is -2.31. The summed E-state index contributed by atoms with van der Waals surface area (Å²) >= 11 is 3.52. The van der Waals surface area contributed by atoms with E-state index in [1.165, 1.54) is 0 Å². The van der Waals surface area contributed by atoms with Gasteiger partial charge in [0.15, 0.2) is 6.61 Å². The summed E-state index contributed by atoms with van der Waals surface area (Å²) in [5.74, 6) is 0.284. The molecule has 0 spiro atoms. The standard InChI is InChI=1S/C30H35BrN2O3/c1-4-5-16-32-30(35)27(19-24-10-7-6-8-11-24)33(20-25-12-9-13-26(31)18-25)29(34)21-36-28-15-14-22(2)17-23(28)3/h6-15,17-18,27H,4-5,16,19-21H2,1-3H3,(H,32,35)/t27-/m1/s1. The van der Waals surface area contributed by atoms with Crippen LogP contribution in [-0.2, 0) is 22.6 Å². The molecule has 0 fully saturated rings. The average molecular weight is 552 g/mol. The number of halogens is 1. The largest absolute Gasteiger partial charge is 0.483 e. The maximum Gasteiger partial charge on any atom is 0.261 e. The zero-order chi connectivity index (χ0) is 25.9. The van der Waals surface area contributed by atoms with Gasteiger partial charge in [0.2, 0.25) is 5.91 Å². The minimum Gasteiger partial charge on any atom is -0.483 e. The van der Waals surface area contributed by atoms with Crippen LogP contribution in [0.4, 0.5) is 0 Å². The number of benzene rings is 3. The second-order valence-electron chi connectivity index (χ2n) is 9.06. The van der Waals surface area contributed by atoms with E-state index < -0.39 is 6.04 Å². The maximum absolute atomic E-state index is 13.7. The molecule has 3 aromatic rings. The molecular formula is C30H35BrN2O3. The van der Waals surface area contributed by atoms with Crippen molar-refractivity contribution in [3.8, 4) is 5.75 Å². The van der Waals surface area contributed by atoms with Crippen molar-refractivity contribution in [2.45, 2.75) is 52.6 Å². The monoisotopic (exact) mass is 550 g/mol. The molecule has 3 rings (SSSR count). The highest BCUT2D eigenvalue weighted by Crippen LogP contribution is 2.21. The molecule has 0 saturated carbocycles. The van der Waals surface area contributed by atoms with Gasteiger partial charge in [-0.2, -0.15) is 0 Å². The number of hydrogen-bond acceptors (Lipinski definition) is 3. The van der Waals surface area contributed by atoms with E-state index in [4.69, 9.17) is 4.74 Å². The van der Waals surface area contributed by atoms with Crippen LogP contribution in [0.1, 0.15) is 42.0 Å². The van der Waals surface area contributed by atoms with Crippen molar-refractivity contribution in [1.29, 1.82) is 0 Å². The van der Waals surface area contributed by atoms with Crippen LogP contribution < -0.4 is 10.1 Å². The van der Waals surface area contributed by atoms with Gasteiger partial charge in [0.1, 0.15) is 11.8 Å². The smallest absolute Gasteiger partial charge is 0.261 e. The Balaban J connectivity index is 1.89. The number of carbonyl (C=O) groups excluding carboxylic acids is 2. The lowest BCUT2D eigenvalue weighted by atomic mass is 10.0. The van der Waals surface area contributed by atoms with Gasteiger partial charge < -0.3 is 15.0 Å². The summed E-state index contributed by atoms with van der Waals surface area (Å²) < 4.78 is 6.86. The van der Waals surface area contributed by atoms with Gasteiger partial charge in [-0.05, 0) is 55.2 Å². The third-order valence-corrected chi connectivity index (χ3v) is 6.52. The fraction of sp³-hybridized carbons (Fsp3) is 0.333. The molecule has 0 heterocycles. The van der Waals surface area contributed by atoms with Crippen LogP contribution in [0.15, 0.2) is 77.3 Å². The first-order valence-electron chi connectivity index (χ1n) is 12.4. The van der Waals surface area contributed by atoms with Crippen molar-refractivity contribution in [3.63, 3.8) is 0 Å². The summed E-state index contributed by atoms with van der Waals surface area (Å²) in [6.45, 7) is 6.80. The summed E-state index contributed by atoms with van der Waals surface area (Å²) in [6, 6.07) is 22.8. The van der Waals surface area contributed by atoms with Crippen LogP contribution in [0.25, 0.3) is 0 Å². The number of nitrogens with one attached hydrogen (secondary N) is 1. The van der Waals surface area contributed by atoms with E-state index in [-0.39, 0.29) is 18.4 Å². The van der Waals surface area contributed by atoms with Gasteiger partial charge >= 0.3 is 0 Å².